The maximum absolute atomic E-state index is 10.7. The molecule has 0 aromatic carbocycles. The summed E-state index contributed by atoms with van der Waals surface area (Å²) < 4.78 is 1.49. The van der Waals surface area contributed by atoms with Crippen LogP contribution in [0.1, 0.15) is 0 Å². The smallest absolute Gasteiger partial charge is 0.316 e. The van der Waals surface area contributed by atoms with Crippen molar-refractivity contribution >= 4 is 11.8 Å². The molecule has 1 rings (SSSR count). The predicted octanol–water partition coefficient (Wildman–Crippen LogP) is -3.68. The average Bonchev–Trinajstić information content (AvgIpc) is 1.85. The average molecular weight is 194 g/mol. The Morgan fingerprint density at radius 2 is 2.36 bits per heavy atom. The Hall–Kier alpha value is -0.550. The number of hydrogen-bond acceptors (Lipinski definition) is 3. The van der Waals surface area contributed by atoms with Crippen LogP contribution >= 0.6 is 11.8 Å². The zero-order chi connectivity index (χ0) is 7.56. The summed E-state index contributed by atoms with van der Waals surface area (Å²) in [4.78, 5) is 13.3. The molecule has 62 valence electrons. The van der Waals surface area contributed by atoms with Gasteiger partial charge in [-0.3, -0.25) is 9.78 Å². The molecule has 1 aromatic rings. The maximum atomic E-state index is 10.7. The quantitative estimate of drug-likeness (QED) is 0.369. The Kier molecular flexibility index (Phi) is 4.14. The molecule has 0 aliphatic heterocycles. The van der Waals surface area contributed by atoms with Crippen LogP contribution in [0.3, 0.4) is 0 Å². The summed E-state index contributed by atoms with van der Waals surface area (Å²) in [6.07, 6.45) is 3.25. The maximum Gasteiger partial charge on any atom is 0.316 e. The summed E-state index contributed by atoms with van der Waals surface area (Å²) in [7, 11) is 1.72. The number of aromatic nitrogens is 3. The van der Waals surface area contributed by atoms with E-state index in [0.717, 1.165) is 0 Å². The van der Waals surface area contributed by atoms with Gasteiger partial charge < -0.3 is 12.4 Å². The molecule has 11 heavy (non-hydrogen) atoms. The molecule has 0 saturated carbocycles. The zero-order valence-electron chi connectivity index (χ0n) is 6.17. The SMILES string of the molecule is CSc1n[n+](C)cc(=O)[nH]1.[Cl-]. The van der Waals surface area contributed by atoms with Crippen LogP contribution in [-0.2, 0) is 7.05 Å². The standard InChI is InChI=1S/C5H7N3OS.ClH/c1-8-3-4(9)6-5(7-8)10-2;/h3H,1-2H3;1H. The Labute approximate surface area is 74.4 Å². The Bertz CT molecular complexity index is 287. The van der Waals surface area contributed by atoms with Crippen LogP contribution in [0.15, 0.2) is 16.1 Å². The summed E-state index contributed by atoms with van der Waals surface area (Å²) in [6.45, 7) is 0. The van der Waals surface area contributed by atoms with E-state index < -0.39 is 0 Å². The first kappa shape index (κ1) is 10.4. The number of halogens is 1. The third kappa shape index (κ3) is 2.90. The summed E-state index contributed by atoms with van der Waals surface area (Å²) in [5, 5.41) is 4.61. The lowest BCUT2D eigenvalue weighted by atomic mass is 10.8. The van der Waals surface area contributed by atoms with Crippen molar-refractivity contribution in [3.63, 3.8) is 0 Å². The van der Waals surface area contributed by atoms with E-state index in [1.807, 2.05) is 6.26 Å². The van der Waals surface area contributed by atoms with E-state index >= 15 is 0 Å². The number of aryl methyl sites for hydroxylation is 1. The molecular weight excluding hydrogens is 186 g/mol. The fraction of sp³-hybridized carbons (Fsp3) is 0.400. The van der Waals surface area contributed by atoms with Crippen molar-refractivity contribution < 1.29 is 17.1 Å². The van der Waals surface area contributed by atoms with Gasteiger partial charge >= 0.3 is 5.56 Å². The minimum atomic E-state index is -0.123. The van der Waals surface area contributed by atoms with Gasteiger partial charge in [0.25, 0.3) is 6.20 Å². The van der Waals surface area contributed by atoms with Crippen molar-refractivity contribution in [3.05, 3.63) is 16.6 Å². The van der Waals surface area contributed by atoms with Gasteiger partial charge in [-0.15, -0.1) is 0 Å². The van der Waals surface area contributed by atoms with E-state index in [9.17, 15) is 4.79 Å². The van der Waals surface area contributed by atoms with E-state index in [2.05, 4.69) is 10.1 Å². The molecule has 6 heteroatoms. The van der Waals surface area contributed by atoms with E-state index in [4.69, 9.17) is 0 Å². The third-order valence-electron chi connectivity index (χ3n) is 0.976. The first-order valence-corrected chi connectivity index (χ1v) is 3.96. The number of hydrogen-bond donors (Lipinski definition) is 1. The second kappa shape index (κ2) is 4.35. The number of rotatable bonds is 1. The highest BCUT2D eigenvalue weighted by Crippen LogP contribution is 2.00. The Balaban J connectivity index is 0.000001000. The fourth-order valence-electron chi connectivity index (χ4n) is 0.596. The van der Waals surface area contributed by atoms with E-state index in [0.29, 0.717) is 5.16 Å². The number of nitrogens with one attached hydrogen (secondary N) is 1. The third-order valence-corrected chi connectivity index (χ3v) is 1.55. The monoisotopic (exact) mass is 193 g/mol. The lowest BCUT2D eigenvalue weighted by Gasteiger charge is -1.88. The summed E-state index contributed by atoms with van der Waals surface area (Å²) in [6, 6.07) is 0. The Morgan fingerprint density at radius 1 is 1.73 bits per heavy atom. The van der Waals surface area contributed by atoms with Crippen molar-refractivity contribution in [3.8, 4) is 0 Å². The number of aromatic amines is 1. The molecule has 1 aromatic heterocycles. The molecule has 0 aliphatic carbocycles. The van der Waals surface area contributed by atoms with Crippen molar-refractivity contribution in [2.75, 3.05) is 6.26 Å². The van der Waals surface area contributed by atoms with Gasteiger partial charge in [0.15, 0.2) is 7.05 Å². The molecule has 0 bridgehead atoms. The first-order chi connectivity index (χ1) is 4.72. The van der Waals surface area contributed by atoms with Crippen LogP contribution in [0.25, 0.3) is 0 Å². The molecule has 0 atom stereocenters. The zero-order valence-corrected chi connectivity index (χ0v) is 7.74. The van der Waals surface area contributed by atoms with Crippen molar-refractivity contribution in [1.82, 2.24) is 10.1 Å². The normalized spacial score (nSPS) is 8.91. The number of thioether (sulfide) groups is 1. The van der Waals surface area contributed by atoms with Crippen LogP contribution in [0.2, 0.25) is 0 Å². The summed E-state index contributed by atoms with van der Waals surface area (Å²) >= 11 is 1.41. The lowest BCUT2D eigenvalue weighted by Crippen LogP contribution is -3.00. The first-order valence-electron chi connectivity index (χ1n) is 2.73. The molecule has 0 spiro atoms. The van der Waals surface area contributed by atoms with E-state index in [1.165, 1.54) is 22.6 Å². The molecule has 0 saturated heterocycles. The highest BCUT2D eigenvalue weighted by Gasteiger charge is 2.00. The lowest BCUT2D eigenvalue weighted by molar-refractivity contribution is -0.735. The topological polar surface area (TPSA) is 49.6 Å². The van der Waals surface area contributed by atoms with Gasteiger partial charge in [-0.25, -0.2) is 0 Å². The van der Waals surface area contributed by atoms with Crippen molar-refractivity contribution in [2.45, 2.75) is 5.16 Å². The fourth-order valence-corrected chi connectivity index (χ4v) is 1.01. The van der Waals surface area contributed by atoms with Crippen molar-refractivity contribution in [1.29, 1.82) is 0 Å². The molecule has 0 radical (unpaired) electrons. The molecule has 0 unspecified atom stereocenters. The Morgan fingerprint density at radius 3 is 2.82 bits per heavy atom. The van der Waals surface area contributed by atoms with Crippen LogP contribution in [0.5, 0.6) is 0 Å². The van der Waals surface area contributed by atoms with Crippen LogP contribution in [-0.4, -0.2) is 16.3 Å². The van der Waals surface area contributed by atoms with Crippen LogP contribution in [0, 0.1) is 0 Å². The minimum Gasteiger partial charge on any atom is -1.00 e. The molecule has 1 N–H and O–H groups in total. The molecule has 0 aliphatic rings. The van der Waals surface area contributed by atoms with Gasteiger partial charge in [0.2, 0.25) is 5.16 Å². The van der Waals surface area contributed by atoms with Gasteiger partial charge in [-0.1, -0.05) is 16.4 Å². The van der Waals surface area contributed by atoms with Gasteiger partial charge in [0.1, 0.15) is 0 Å². The van der Waals surface area contributed by atoms with E-state index in [-0.39, 0.29) is 18.0 Å². The molecule has 4 nitrogen and oxygen atoms in total. The van der Waals surface area contributed by atoms with E-state index in [1.54, 1.807) is 7.05 Å². The van der Waals surface area contributed by atoms with Crippen LogP contribution < -0.4 is 22.6 Å². The second-order valence-electron chi connectivity index (χ2n) is 1.80. The highest BCUT2D eigenvalue weighted by atomic mass is 35.5. The summed E-state index contributed by atoms with van der Waals surface area (Å²) in [5.41, 5.74) is -0.123. The number of H-pyrrole nitrogens is 1. The van der Waals surface area contributed by atoms with Gasteiger partial charge in [-0.2, -0.15) is 0 Å². The van der Waals surface area contributed by atoms with Crippen LogP contribution in [0.4, 0.5) is 0 Å². The molecule has 1 heterocycles. The van der Waals surface area contributed by atoms with Gasteiger partial charge in [-0.05, 0) is 6.26 Å². The largest absolute Gasteiger partial charge is 1.00 e. The minimum absolute atomic E-state index is 0. The molecule has 0 fully saturated rings. The predicted molar refractivity (Wildman–Crippen MR) is 37.8 cm³/mol. The molecule has 0 amide bonds. The highest BCUT2D eigenvalue weighted by molar-refractivity contribution is 7.98. The van der Waals surface area contributed by atoms with Gasteiger partial charge in [0, 0.05) is 5.10 Å². The van der Waals surface area contributed by atoms with Gasteiger partial charge in [0.05, 0.1) is 0 Å². The van der Waals surface area contributed by atoms with Crippen molar-refractivity contribution in [2.24, 2.45) is 7.05 Å². The second-order valence-corrected chi connectivity index (χ2v) is 2.60. The molecular formula is C5H8ClN3OS. The number of nitrogens with zero attached hydrogens (tertiary/aromatic N) is 2. The summed E-state index contributed by atoms with van der Waals surface area (Å²) in [5.74, 6) is 0.